The molecule has 0 aliphatic heterocycles. The van der Waals surface area contributed by atoms with Crippen molar-refractivity contribution in [2.75, 3.05) is 0 Å². The van der Waals surface area contributed by atoms with E-state index >= 15 is 0 Å². The van der Waals surface area contributed by atoms with Crippen LogP contribution in [0.3, 0.4) is 0 Å². The fraction of sp³-hybridized carbons (Fsp3) is 0. The van der Waals surface area contributed by atoms with Gasteiger partial charge in [0.05, 0.1) is 5.69 Å². The molecule has 0 spiro atoms. The summed E-state index contributed by atoms with van der Waals surface area (Å²) in [4.78, 5) is 15.4. The van der Waals surface area contributed by atoms with Gasteiger partial charge >= 0.3 is 5.97 Å². The van der Waals surface area contributed by atoms with Gasteiger partial charge in [-0.25, -0.2) is 9.48 Å². The molecule has 6 heteroatoms. The van der Waals surface area contributed by atoms with E-state index in [-0.39, 0.29) is 5.56 Å². The van der Waals surface area contributed by atoms with Crippen LogP contribution in [0, 0.1) is 0 Å². The minimum atomic E-state index is -1.03. The van der Waals surface area contributed by atoms with Crippen molar-refractivity contribution in [3.8, 4) is 16.9 Å². The first-order chi connectivity index (χ1) is 10.1. The van der Waals surface area contributed by atoms with Crippen LogP contribution < -0.4 is 0 Å². The molecule has 21 heavy (non-hydrogen) atoms. The number of carboxylic acids is 1. The van der Waals surface area contributed by atoms with Crippen molar-refractivity contribution in [2.24, 2.45) is 0 Å². The van der Waals surface area contributed by atoms with Gasteiger partial charge in [0, 0.05) is 29.2 Å². The summed E-state index contributed by atoms with van der Waals surface area (Å²) < 4.78 is 1.52. The topological polar surface area (TPSA) is 68.0 Å². The highest BCUT2D eigenvalue weighted by Crippen LogP contribution is 2.23. The average Bonchev–Trinajstić information content (AvgIpc) is 2.94. The SMILES string of the molecule is O=C(O)c1cn(-c2ccc(Cl)cc2)nc1-c1cccnc1. The standard InChI is InChI=1S/C15H10ClN3O2/c16-11-3-5-12(6-4-11)19-9-13(15(20)21)14(18-19)10-2-1-7-17-8-10/h1-9H,(H,20,21). The molecule has 104 valence electrons. The Morgan fingerprint density at radius 3 is 2.57 bits per heavy atom. The number of aromatic carboxylic acids is 1. The first-order valence-corrected chi connectivity index (χ1v) is 6.52. The van der Waals surface area contributed by atoms with Gasteiger partial charge in [-0.1, -0.05) is 11.6 Å². The van der Waals surface area contributed by atoms with Crippen molar-refractivity contribution in [1.29, 1.82) is 0 Å². The minimum Gasteiger partial charge on any atom is -0.478 e. The van der Waals surface area contributed by atoms with Crippen LogP contribution in [0.15, 0.2) is 55.0 Å². The average molecular weight is 300 g/mol. The summed E-state index contributed by atoms with van der Waals surface area (Å²) in [6.45, 7) is 0. The smallest absolute Gasteiger partial charge is 0.339 e. The molecule has 0 radical (unpaired) electrons. The summed E-state index contributed by atoms with van der Waals surface area (Å²) in [5.41, 5.74) is 1.89. The van der Waals surface area contributed by atoms with E-state index in [1.165, 1.54) is 10.9 Å². The van der Waals surface area contributed by atoms with E-state index in [1.54, 1.807) is 48.8 Å². The minimum absolute atomic E-state index is 0.123. The molecule has 2 aromatic heterocycles. The van der Waals surface area contributed by atoms with E-state index in [1.807, 2.05) is 0 Å². The molecule has 0 fully saturated rings. The van der Waals surface area contributed by atoms with Crippen LogP contribution in [0.2, 0.25) is 5.02 Å². The molecule has 0 amide bonds. The largest absolute Gasteiger partial charge is 0.478 e. The second kappa shape index (κ2) is 5.38. The number of hydrogen-bond donors (Lipinski definition) is 1. The maximum atomic E-state index is 11.4. The van der Waals surface area contributed by atoms with Crippen LogP contribution in [0.4, 0.5) is 0 Å². The summed E-state index contributed by atoms with van der Waals surface area (Å²) in [7, 11) is 0. The van der Waals surface area contributed by atoms with E-state index < -0.39 is 5.97 Å². The number of benzene rings is 1. The molecular formula is C15H10ClN3O2. The Morgan fingerprint density at radius 1 is 1.19 bits per heavy atom. The Labute approximate surface area is 125 Å². The molecule has 2 heterocycles. The number of hydrogen-bond acceptors (Lipinski definition) is 3. The number of carboxylic acid groups (broad SMARTS) is 1. The summed E-state index contributed by atoms with van der Waals surface area (Å²) in [5.74, 6) is -1.03. The van der Waals surface area contributed by atoms with Crippen LogP contribution in [0.1, 0.15) is 10.4 Å². The van der Waals surface area contributed by atoms with E-state index in [2.05, 4.69) is 10.1 Å². The van der Waals surface area contributed by atoms with Gasteiger partial charge < -0.3 is 5.11 Å². The lowest BCUT2D eigenvalue weighted by Gasteiger charge is -2.00. The van der Waals surface area contributed by atoms with Gasteiger partial charge in [0.1, 0.15) is 11.3 Å². The Hall–Kier alpha value is -2.66. The second-order valence-corrected chi connectivity index (χ2v) is 4.80. The summed E-state index contributed by atoms with van der Waals surface area (Å²) in [6.07, 6.45) is 4.69. The van der Waals surface area contributed by atoms with E-state index in [4.69, 9.17) is 11.6 Å². The van der Waals surface area contributed by atoms with Crippen LogP contribution in [0.25, 0.3) is 16.9 Å². The monoisotopic (exact) mass is 299 g/mol. The van der Waals surface area contributed by atoms with E-state index in [9.17, 15) is 9.90 Å². The third kappa shape index (κ3) is 2.64. The van der Waals surface area contributed by atoms with Crippen LogP contribution in [0.5, 0.6) is 0 Å². The summed E-state index contributed by atoms with van der Waals surface area (Å²) in [6, 6.07) is 10.5. The second-order valence-electron chi connectivity index (χ2n) is 4.36. The molecule has 3 aromatic rings. The van der Waals surface area contributed by atoms with E-state index in [0.717, 1.165) is 5.69 Å². The zero-order valence-electron chi connectivity index (χ0n) is 10.8. The Morgan fingerprint density at radius 2 is 1.95 bits per heavy atom. The Bertz CT molecular complexity index is 782. The zero-order valence-corrected chi connectivity index (χ0v) is 11.5. The lowest BCUT2D eigenvalue weighted by atomic mass is 10.1. The molecule has 0 bridgehead atoms. The van der Waals surface area contributed by atoms with Crippen molar-refractivity contribution < 1.29 is 9.90 Å². The van der Waals surface area contributed by atoms with Gasteiger partial charge in [-0.3, -0.25) is 4.98 Å². The molecule has 0 atom stereocenters. The molecule has 1 N–H and O–H groups in total. The molecule has 5 nitrogen and oxygen atoms in total. The highest BCUT2D eigenvalue weighted by atomic mass is 35.5. The predicted molar refractivity (Wildman–Crippen MR) is 78.8 cm³/mol. The highest BCUT2D eigenvalue weighted by Gasteiger charge is 2.17. The lowest BCUT2D eigenvalue weighted by molar-refractivity contribution is 0.0697. The lowest BCUT2D eigenvalue weighted by Crippen LogP contribution is -1.96. The van der Waals surface area contributed by atoms with Gasteiger partial charge in [-0.2, -0.15) is 5.10 Å². The zero-order chi connectivity index (χ0) is 14.8. The number of rotatable bonds is 3. The fourth-order valence-electron chi connectivity index (χ4n) is 1.97. The Kier molecular flexibility index (Phi) is 3.41. The van der Waals surface area contributed by atoms with Crippen molar-refractivity contribution in [3.63, 3.8) is 0 Å². The summed E-state index contributed by atoms with van der Waals surface area (Å²) >= 11 is 5.85. The van der Waals surface area contributed by atoms with Gasteiger partial charge in [-0.05, 0) is 36.4 Å². The first kappa shape index (κ1) is 13.3. The van der Waals surface area contributed by atoms with Crippen LogP contribution in [-0.2, 0) is 0 Å². The van der Waals surface area contributed by atoms with Crippen molar-refractivity contribution in [1.82, 2.24) is 14.8 Å². The molecule has 0 aliphatic carbocycles. The molecule has 0 unspecified atom stereocenters. The van der Waals surface area contributed by atoms with Gasteiger partial charge in [0.15, 0.2) is 0 Å². The number of carbonyl (C=O) groups is 1. The normalized spacial score (nSPS) is 10.5. The number of aromatic nitrogens is 3. The van der Waals surface area contributed by atoms with Crippen LogP contribution >= 0.6 is 11.6 Å². The molecule has 3 rings (SSSR count). The van der Waals surface area contributed by atoms with Crippen LogP contribution in [-0.4, -0.2) is 25.8 Å². The molecule has 0 aliphatic rings. The third-order valence-corrected chi connectivity index (χ3v) is 3.22. The van der Waals surface area contributed by atoms with Crippen molar-refractivity contribution in [3.05, 3.63) is 65.6 Å². The maximum absolute atomic E-state index is 11.4. The molecule has 1 aromatic carbocycles. The third-order valence-electron chi connectivity index (χ3n) is 2.97. The van der Waals surface area contributed by atoms with Gasteiger partial charge in [-0.15, -0.1) is 0 Å². The quantitative estimate of drug-likeness (QED) is 0.806. The number of nitrogens with zero attached hydrogens (tertiary/aromatic N) is 3. The molecule has 0 saturated carbocycles. The maximum Gasteiger partial charge on any atom is 0.339 e. The van der Waals surface area contributed by atoms with Crippen molar-refractivity contribution in [2.45, 2.75) is 0 Å². The Balaban J connectivity index is 2.13. The van der Waals surface area contributed by atoms with Gasteiger partial charge in [0.25, 0.3) is 0 Å². The fourth-order valence-corrected chi connectivity index (χ4v) is 2.10. The number of halogens is 1. The van der Waals surface area contributed by atoms with Crippen molar-refractivity contribution >= 4 is 17.6 Å². The summed E-state index contributed by atoms with van der Waals surface area (Å²) in [5, 5.41) is 14.3. The number of pyridine rings is 1. The van der Waals surface area contributed by atoms with Gasteiger partial charge in [0.2, 0.25) is 0 Å². The highest BCUT2D eigenvalue weighted by molar-refractivity contribution is 6.30. The molecule has 0 saturated heterocycles. The van der Waals surface area contributed by atoms with E-state index in [0.29, 0.717) is 16.3 Å². The first-order valence-electron chi connectivity index (χ1n) is 6.14. The predicted octanol–water partition coefficient (Wildman–Crippen LogP) is 3.29. The molecular weight excluding hydrogens is 290 g/mol.